The van der Waals surface area contributed by atoms with Gasteiger partial charge in [-0.05, 0) is 23.8 Å². The first-order valence-corrected chi connectivity index (χ1v) is 10.7. The van der Waals surface area contributed by atoms with E-state index in [4.69, 9.17) is 9.47 Å². The van der Waals surface area contributed by atoms with Gasteiger partial charge in [0.25, 0.3) is 0 Å². The van der Waals surface area contributed by atoms with Crippen LogP contribution in [-0.4, -0.2) is 39.6 Å². The summed E-state index contributed by atoms with van der Waals surface area (Å²) in [6, 6.07) is 0. The first kappa shape index (κ1) is 23.6. The smallest absolute Gasteiger partial charge is 0.308 e. The Kier molecular flexibility index (Phi) is 5.78. The van der Waals surface area contributed by atoms with Crippen LogP contribution in [-0.2, 0) is 19.7 Å². The molecular formula is C24H30O8. The van der Waals surface area contributed by atoms with E-state index >= 15 is 0 Å². The molecule has 0 heterocycles. The molecule has 32 heavy (non-hydrogen) atoms. The Morgan fingerprint density at radius 2 is 1.66 bits per heavy atom. The first-order valence-electron chi connectivity index (χ1n) is 10.7. The van der Waals surface area contributed by atoms with Crippen molar-refractivity contribution in [3.05, 3.63) is 28.0 Å². The third-order valence-corrected chi connectivity index (χ3v) is 6.65. The molecule has 0 amide bonds. The van der Waals surface area contributed by atoms with E-state index in [2.05, 4.69) is 0 Å². The lowest BCUT2D eigenvalue weighted by atomic mass is 9.54. The van der Waals surface area contributed by atoms with Gasteiger partial charge in [-0.2, -0.15) is 0 Å². The van der Waals surface area contributed by atoms with E-state index in [9.17, 15) is 29.7 Å². The Hall–Kier alpha value is -3.03. The molecule has 3 N–H and O–H groups in total. The van der Waals surface area contributed by atoms with Gasteiger partial charge in [0, 0.05) is 36.3 Å². The molecule has 1 aromatic carbocycles. The van der Waals surface area contributed by atoms with Gasteiger partial charge in [-0.25, -0.2) is 0 Å². The van der Waals surface area contributed by atoms with Gasteiger partial charge in [0.2, 0.25) is 5.78 Å². The number of aromatic hydroxyl groups is 2. The van der Waals surface area contributed by atoms with E-state index in [-0.39, 0.29) is 29.0 Å². The second-order valence-corrected chi connectivity index (χ2v) is 9.61. The number of ketones is 1. The van der Waals surface area contributed by atoms with Crippen LogP contribution in [0.4, 0.5) is 0 Å². The molecule has 8 nitrogen and oxygen atoms in total. The maximum Gasteiger partial charge on any atom is 0.308 e. The second-order valence-electron chi connectivity index (χ2n) is 9.61. The van der Waals surface area contributed by atoms with Gasteiger partial charge in [0.1, 0.15) is 5.75 Å². The minimum atomic E-state index is -0.952. The Labute approximate surface area is 186 Å². The highest BCUT2D eigenvalue weighted by Crippen LogP contribution is 2.61. The molecular weight excluding hydrogens is 416 g/mol. The van der Waals surface area contributed by atoms with E-state index < -0.39 is 51.7 Å². The lowest BCUT2D eigenvalue weighted by molar-refractivity contribution is -0.141. The summed E-state index contributed by atoms with van der Waals surface area (Å²) in [4.78, 5) is 36.5. The van der Waals surface area contributed by atoms with E-state index in [1.54, 1.807) is 6.92 Å². The number of aliphatic hydroxyl groups excluding tert-OH is 1. The predicted molar refractivity (Wildman–Crippen MR) is 115 cm³/mol. The molecule has 0 aromatic heterocycles. The molecule has 0 unspecified atom stereocenters. The highest BCUT2D eigenvalue weighted by molar-refractivity contribution is 6.14. The van der Waals surface area contributed by atoms with Crippen molar-refractivity contribution in [2.24, 2.45) is 5.41 Å². The first-order chi connectivity index (χ1) is 14.7. The van der Waals surface area contributed by atoms with Gasteiger partial charge in [-0.3, -0.25) is 14.4 Å². The van der Waals surface area contributed by atoms with Crippen LogP contribution in [0.5, 0.6) is 17.2 Å². The fourth-order valence-electron chi connectivity index (χ4n) is 5.45. The number of hydrogen-bond donors (Lipinski definition) is 3. The van der Waals surface area contributed by atoms with E-state index in [0.29, 0.717) is 12.0 Å². The van der Waals surface area contributed by atoms with Gasteiger partial charge in [0.05, 0.1) is 12.2 Å². The zero-order chi connectivity index (χ0) is 24.2. The maximum absolute atomic E-state index is 13.3. The van der Waals surface area contributed by atoms with Crippen molar-refractivity contribution >= 4 is 17.7 Å². The second kappa shape index (κ2) is 7.83. The summed E-state index contributed by atoms with van der Waals surface area (Å²) in [5, 5.41) is 33.2. The number of carbonyl (C=O) groups excluding carboxylic acids is 3. The molecule has 0 aliphatic heterocycles. The van der Waals surface area contributed by atoms with E-state index in [1.807, 2.05) is 20.8 Å². The summed E-state index contributed by atoms with van der Waals surface area (Å²) < 4.78 is 10.4. The highest BCUT2D eigenvalue weighted by Gasteiger charge is 2.53. The van der Waals surface area contributed by atoms with Gasteiger partial charge in [-0.15, -0.1) is 0 Å². The highest BCUT2D eigenvalue weighted by atomic mass is 16.5. The summed E-state index contributed by atoms with van der Waals surface area (Å²) in [5.74, 6) is -4.44. The minimum absolute atomic E-state index is 0.0930. The number of carbonyl (C=O) groups is 3. The van der Waals surface area contributed by atoms with Crippen molar-refractivity contribution < 1.29 is 39.2 Å². The lowest BCUT2D eigenvalue weighted by Crippen LogP contribution is -2.44. The van der Waals surface area contributed by atoms with Crippen LogP contribution in [0, 0.1) is 5.41 Å². The SMILES string of the molecule is CC(=O)OC[C@@H](C)c1c(O)c(OC(C)=O)c2c(c1O)C(=O)C(O)=C1C(C)(C)CCC[C@@]12C. The Morgan fingerprint density at radius 3 is 2.22 bits per heavy atom. The van der Waals surface area contributed by atoms with Crippen LogP contribution in [0.25, 0.3) is 0 Å². The summed E-state index contributed by atoms with van der Waals surface area (Å²) in [6.07, 6.45) is 2.02. The Bertz CT molecular complexity index is 1050. The molecule has 174 valence electrons. The molecule has 0 bridgehead atoms. The fourth-order valence-corrected chi connectivity index (χ4v) is 5.45. The number of allylic oxidation sites excluding steroid dienone is 2. The summed E-state index contributed by atoms with van der Waals surface area (Å²) in [5.41, 5.74) is -1.08. The quantitative estimate of drug-likeness (QED) is 0.464. The number of benzene rings is 1. The lowest BCUT2D eigenvalue weighted by Gasteiger charge is -2.49. The molecule has 1 saturated carbocycles. The molecule has 0 spiro atoms. The largest absolute Gasteiger partial charge is 0.507 e. The fraction of sp³-hybridized carbons (Fsp3) is 0.542. The Balaban J connectivity index is 2.38. The Morgan fingerprint density at radius 1 is 1.03 bits per heavy atom. The average molecular weight is 446 g/mol. The number of Topliss-reactive ketones (excluding diaryl/α,β-unsaturated/α-hetero) is 1. The number of rotatable bonds is 4. The zero-order valence-electron chi connectivity index (χ0n) is 19.3. The molecule has 8 heteroatoms. The third-order valence-electron chi connectivity index (χ3n) is 6.65. The predicted octanol–water partition coefficient (Wildman–Crippen LogP) is 4.17. The van der Waals surface area contributed by atoms with Crippen molar-refractivity contribution in [2.45, 2.75) is 72.1 Å². The van der Waals surface area contributed by atoms with E-state index in [0.717, 1.165) is 12.8 Å². The standard InChI is InChI=1S/C24H30O8/c1-11(10-31-12(2)25)14-17(27)15-16(21(19(14)29)32-13(3)26)24(6)9-7-8-23(4,5)22(24)20(30)18(15)28/h11,27,29-30H,7-10H2,1-6H3/t11-,24-/m1/s1. The van der Waals surface area contributed by atoms with Crippen molar-refractivity contribution in [3.8, 4) is 17.2 Å². The van der Waals surface area contributed by atoms with Gasteiger partial charge in [0.15, 0.2) is 17.3 Å². The number of ether oxygens (including phenoxy) is 2. The van der Waals surface area contributed by atoms with Gasteiger partial charge >= 0.3 is 11.9 Å². The van der Waals surface area contributed by atoms with Crippen LogP contribution in [0.1, 0.15) is 88.2 Å². The molecule has 1 aromatic rings. The van der Waals surface area contributed by atoms with Crippen LogP contribution >= 0.6 is 0 Å². The summed E-state index contributed by atoms with van der Waals surface area (Å²) in [7, 11) is 0. The molecule has 2 aliphatic rings. The molecule has 0 radical (unpaired) electrons. The van der Waals surface area contributed by atoms with Crippen molar-refractivity contribution in [1.29, 1.82) is 0 Å². The number of phenolic OH excluding ortho intramolecular Hbond substituents is 2. The number of fused-ring (bicyclic) bond motifs is 3. The van der Waals surface area contributed by atoms with E-state index in [1.165, 1.54) is 13.8 Å². The monoisotopic (exact) mass is 446 g/mol. The third kappa shape index (κ3) is 3.51. The molecule has 0 saturated heterocycles. The zero-order valence-corrected chi connectivity index (χ0v) is 19.3. The van der Waals surface area contributed by atoms with Crippen LogP contribution in [0.3, 0.4) is 0 Å². The van der Waals surface area contributed by atoms with Crippen molar-refractivity contribution in [1.82, 2.24) is 0 Å². The number of aliphatic hydroxyl groups is 1. The molecule has 1 fully saturated rings. The van der Waals surface area contributed by atoms with Crippen LogP contribution in [0.2, 0.25) is 0 Å². The molecule has 2 atom stereocenters. The minimum Gasteiger partial charge on any atom is -0.507 e. The summed E-state index contributed by atoms with van der Waals surface area (Å²) in [6.45, 7) is 9.47. The van der Waals surface area contributed by atoms with Crippen molar-refractivity contribution in [3.63, 3.8) is 0 Å². The van der Waals surface area contributed by atoms with Gasteiger partial charge < -0.3 is 24.8 Å². The molecule has 3 rings (SSSR count). The normalized spacial score (nSPS) is 22.6. The number of esters is 2. The average Bonchev–Trinajstić information content (AvgIpc) is 2.65. The van der Waals surface area contributed by atoms with Gasteiger partial charge in [-0.1, -0.05) is 34.1 Å². The number of phenols is 2. The molecule has 2 aliphatic carbocycles. The topological polar surface area (TPSA) is 130 Å². The summed E-state index contributed by atoms with van der Waals surface area (Å²) >= 11 is 0. The van der Waals surface area contributed by atoms with Crippen LogP contribution in [0.15, 0.2) is 11.3 Å². The maximum atomic E-state index is 13.3. The number of hydrogen-bond acceptors (Lipinski definition) is 8. The van der Waals surface area contributed by atoms with Crippen LogP contribution < -0.4 is 4.74 Å². The van der Waals surface area contributed by atoms with Crippen molar-refractivity contribution in [2.75, 3.05) is 6.61 Å².